The first kappa shape index (κ1) is 13.5. The summed E-state index contributed by atoms with van der Waals surface area (Å²) in [6.45, 7) is 8.37. The fourth-order valence-electron chi connectivity index (χ4n) is 1.94. The van der Waals surface area contributed by atoms with Crippen molar-refractivity contribution in [2.45, 2.75) is 58.9 Å². The molecule has 1 amide bonds. The predicted molar refractivity (Wildman–Crippen MR) is 67.3 cm³/mol. The van der Waals surface area contributed by atoms with Crippen molar-refractivity contribution in [2.24, 2.45) is 5.41 Å². The van der Waals surface area contributed by atoms with E-state index in [0.717, 1.165) is 25.9 Å². The minimum Gasteiger partial charge on any atom is -0.355 e. The Balaban J connectivity index is 2.23. The lowest BCUT2D eigenvalue weighted by Gasteiger charge is -2.20. The van der Waals surface area contributed by atoms with Gasteiger partial charge in [-0.05, 0) is 31.2 Å². The molecule has 1 atom stereocenters. The van der Waals surface area contributed by atoms with Crippen molar-refractivity contribution < 1.29 is 4.79 Å². The third-order valence-electron chi connectivity index (χ3n) is 3.05. The monoisotopic (exact) mass is 226 g/mol. The minimum absolute atomic E-state index is 0.0440. The molecular weight excluding hydrogens is 200 g/mol. The summed E-state index contributed by atoms with van der Waals surface area (Å²) < 4.78 is 0. The number of carbonyl (C=O) groups is 1. The quantitative estimate of drug-likeness (QED) is 0.773. The van der Waals surface area contributed by atoms with E-state index in [2.05, 4.69) is 31.4 Å². The van der Waals surface area contributed by atoms with E-state index in [0.29, 0.717) is 5.41 Å². The standard InChI is InChI=1S/C13H26N2O/c1-13(2,3)8-10-15-12(16)11-7-5-4-6-9-14-11/h11,14H,4-10H2,1-3H3,(H,15,16). The van der Waals surface area contributed by atoms with Gasteiger partial charge in [-0.2, -0.15) is 0 Å². The van der Waals surface area contributed by atoms with Crippen LogP contribution in [-0.4, -0.2) is 25.0 Å². The van der Waals surface area contributed by atoms with E-state index < -0.39 is 0 Å². The zero-order chi connectivity index (χ0) is 12.0. The highest BCUT2D eigenvalue weighted by atomic mass is 16.2. The lowest BCUT2D eigenvalue weighted by molar-refractivity contribution is -0.123. The largest absolute Gasteiger partial charge is 0.355 e. The molecule has 0 spiro atoms. The maximum atomic E-state index is 11.9. The number of rotatable bonds is 3. The second-order valence-electron chi connectivity index (χ2n) is 5.96. The van der Waals surface area contributed by atoms with E-state index in [4.69, 9.17) is 0 Å². The highest BCUT2D eigenvalue weighted by Gasteiger charge is 2.19. The van der Waals surface area contributed by atoms with Crippen LogP contribution in [-0.2, 0) is 4.79 Å². The Morgan fingerprint density at radius 3 is 2.75 bits per heavy atom. The van der Waals surface area contributed by atoms with Crippen molar-refractivity contribution in [3.05, 3.63) is 0 Å². The van der Waals surface area contributed by atoms with Crippen LogP contribution in [0.4, 0.5) is 0 Å². The van der Waals surface area contributed by atoms with Crippen molar-refractivity contribution in [1.82, 2.24) is 10.6 Å². The van der Waals surface area contributed by atoms with Gasteiger partial charge >= 0.3 is 0 Å². The Hall–Kier alpha value is -0.570. The summed E-state index contributed by atoms with van der Waals surface area (Å²) in [7, 11) is 0. The van der Waals surface area contributed by atoms with Crippen LogP contribution in [0.2, 0.25) is 0 Å². The van der Waals surface area contributed by atoms with Gasteiger partial charge in [0.15, 0.2) is 0 Å². The first-order valence-corrected chi connectivity index (χ1v) is 6.50. The summed E-state index contributed by atoms with van der Waals surface area (Å²) in [5, 5.41) is 6.35. The zero-order valence-corrected chi connectivity index (χ0v) is 10.9. The normalized spacial score (nSPS) is 22.6. The molecule has 0 aromatic heterocycles. The van der Waals surface area contributed by atoms with Gasteiger partial charge in [-0.1, -0.05) is 33.6 Å². The van der Waals surface area contributed by atoms with Crippen LogP contribution >= 0.6 is 0 Å². The van der Waals surface area contributed by atoms with Crippen molar-refractivity contribution >= 4 is 5.91 Å². The van der Waals surface area contributed by atoms with Gasteiger partial charge in [0, 0.05) is 6.54 Å². The molecule has 1 aliphatic rings. The number of amides is 1. The first-order valence-electron chi connectivity index (χ1n) is 6.50. The number of carbonyl (C=O) groups excluding carboxylic acids is 1. The summed E-state index contributed by atoms with van der Waals surface area (Å²) >= 11 is 0. The summed E-state index contributed by atoms with van der Waals surface area (Å²) in [5.74, 6) is 0.186. The molecule has 1 saturated heterocycles. The maximum absolute atomic E-state index is 11.9. The van der Waals surface area contributed by atoms with Gasteiger partial charge in [0.1, 0.15) is 0 Å². The van der Waals surface area contributed by atoms with Gasteiger partial charge in [-0.3, -0.25) is 4.79 Å². The molecule has 3 heteroatoms. The Morgan fingerprint density at radius 2 is 2.06 bits per heavy atom. The van der Waals surface area contributed by atoms with E-state index in [1.54, 1.807) is 0 Å². The second-order valence-corrected chi connectivity index (χ2v) is 5.96. The number of nitrogens with one attached hydrogen (secondary N) is 2. The molecule has 1 unspecified atom stereocenters. The average molecular weight is 226 g/mol. The van der Waals surface area contributed by atoms with Crippen molar-refractivity contribution in [2.75, 3.05) is 13.1 Å². The SMILES string of the molecule is CC(C)(C)CCNC(=O)C1CCCCCN1. The molecule has 1 aliphatic heterocycles. The molecule has 1 fully saturated rings. The van der Waals surface area contributed by atoms with Crippen LogP contribution in [0, 0.1) is 5.41 Å². The molecule has 0 aromatic rings. The minimum atomic E-state index is 0.0440. The van der Waals surface area contributed by atoms with Crippen LogP contribution in [0.3, 0.4) is 0 Å². The molecular formula is C13H26N2O. The summed E-state index contributed by atoms with van der Waals surface area (Å²) in [6.07, 6.45) is 5.64. The van der Waals surface area contributed by atoms with E-state index in [1.165, 1.54) is 19.3 Å². The van der Waals surface area contributed by atoms with E-state index in [1.807, 2.05) is 0 Å². The van der Waals surface area contributed by atoms with E-state index >= 15 is 0 Å². The molecule has 0 bridgehead atoms. The molecule has 0 radical (unpaired) electrons. The number of hydrogen-bond donors (Lipinski definition) is 2. The topological polar surface area (TPSA) is 41.1 Å². The molecule has 1 heterocycles. The van der Waals surface area contributed by atoms with Crippen LogP contribution in [0.25, 0.3) is 0 Å². The summed E-state index contributed by atoms with van der Waals surface area (Å²) in [5.41, 5.74) is 0.296. The smallest absolute Gasteiger partial charge is 0.237 e. The lowest BCUT2D eigenvalue weighted by Crippen LogP contribution is -2.44. The van der Waals surface area contributed by atoms with Gasteiger partial charge in [0.05, 0.1) is 6.04 Å². The third kappa shape index (κ3) is 5.50. The van der Waals surface area contributed by atoms with E-state index in [-0.39, 0.29) is 11.9 Å². The molecule has 3 nitrogen and oxygen atoms in total. The second kappa shape index (κ2) is 6.24. The third-order valence-corrected chi connectivity index (χ3v) is 3.05. The maximum Gasteiger partial charge on any atom is 0.237 e. The fourth-order valence-corrected chi connectivity index (χ4v) is 1.94. The Kier molecular flexibility index (Phi) is 5.26. The predicted octanol–water partition coefficient (Wildman–Crippen LogP) is 2.07. The van der Waals surface area contributed by atoms with Gasteiger partial charge in [0.25, 0.3) is 0 Å². The molecule has 1 rings (SSSR count). The van der Waals surface area contributed by atoms with Crippen molar-refractivity contribution in [3.8, 4) is 0 Å². The van der Waals surface area contributed by atoms with Crippen LogP contribution < -0.4 is 10.6 Å². The van der Waals surface area contributed by atoms with Crippen LogP contribution in [0.5, 0.6) is 0 Å². The average Bonchev–Trinajstić information content (AvgIpc) is 2.43. The Bertz CT molecular complexity index is 212. The number of hydrogen-bond acceptors (Lipinski definition) is 2. The summed E-state index contributed by atoms with van der Waals surface area (Å²) in [6, 6.07) is 0.0440. The van der Waals surface area contributed by atoms with Gasteiger partial charge in [-0.15, -0.1) is 0 Å². The molecule has 94 valence electrons. The Morgan fingerprint density at radius 1 is 1.31 bits per heavy atom. The van der Waals surface area contributed by atoms with Crippen molar-refractivity contribution in [3.63, 3.8) is 0 Å². The van der Waals surface area contributed by atoms with Gasteiger partial charge in [-0.25, -0.2) is 0 Å². The molecule has 16 heavy (non-hydrogen) atoms. The molecule has 0 aliphatic carbocycles. The van der Waals surface area contributed by atoms with Gasteiger partial charge in [0.2, 0.25) is 5.91 Å². The van der Waals surface area contributed by atoms with Crippen LogP contribution in [0.15, 0.2) is 0 Å². The molecule has 0 aromatic carbocycles. The lowest BCUT2D eigenvalue weighted by atomic mass is 9.92. The summed E-state index contributed by atoms with van der Waals surface area (Å²) in [4.78, 5) is 11.9. The molecule has 2 N–H and O–H groups in total. The van der Waals surface area contributed by atoms with Crippen molar-refractivity contribution in [1.29, 1.82) is 0 Å². The van der Waals surface area contributed by atoms with Crippen LogP contribution in [0.1, 0.15) is 52.9 Å². The van der Waals surface area contributed by atoms with Gasteiger partial charge < -0.3 is 10.6 Å². The fraction of sp³-hybridized carbons (Fsp3) is 0.923. The Labute approximate surface area is 99.4 Å². The highest BCUT2D eigenvalue weighted by Crippen LogP contribution is 2.17. The first-order chi connectivity index (χ1) is 7.49. The highest BCUT2D eigenvalue weighted by molar-refractivity contribution is 5.81. The zero-order valence-electron chi connectivity index (χ0n) is 10.9. The molecule has 0 saturated carbocycles. The van der Waals surface area contributed by atoms with E-state index in [9.17, 15) is 4.79 Å².